The molecule has 0 aromatic heterocycles. The van der Waals surface area contributed by atoms with Crippen LogP contribution in [-0.2, 0) is 9.59 Å². The molecule has 19 heavy (non-hydrogen) atoms. The summed E-state index contributed by atoms with van der Waals surface area (Å²) in [4.78, 5) is 22.6. The fourth-order valence-corrected chi connectivity index (χ4v) is 1.84. The van der Waals surface area contributed by atoms with Crippen molar-refractivity contribution in [3.8, 4) is 0 Å². The summed E-state index contributed by atoms with van der Waals surface area (Å²) in [6, 6.07) is 5.12. The van der Waals surface area contributed by atoms with E-state index < -0.39 is 23.7 Å². The topological polar surface area (TPSA) is 78.4 Å². The zero-order chi connectivity index (χ0) is 13.8. The highest BCUT2D eigenvalue weighted by molar-refractivity contribution is 5.92. The molecule has 2 rings (SSSR count). The van der Waals surface area contributed by atoms with E-state index in [0.717, 1.165) is 12.8 Å². The molecule has 1 atom stereocenters. The average molecular weight is 266 g/mol. The Balaban J connectivity index is 1.84. The first-order valence-electron chi connectivity index (χ1n) is 6.08. The summed E-state index contributed by atoms with van der Waals surface area (Å²) >= 11 is 0. The van der Waals surface area contributed by atoms with Gasteiger partial charge in [0, 0.05) is 0 Å². The standard InChI is InChI=1S/C13H15FN2O3/c14-9-3-1-2-4-10(9)16-11(17)7-15-12(13(18)19)8-5-6-8/h1-4,8,12,15H,5-7H2,(H,16,17)(H,18,19). The number of para-hydroxylation sites is 1. The van der Waals surface area contributed by atoms with E-state index in [4.69, 9.17) is 5.11 Å². The van der Waals surface area contributed by atoms with E-state index in [1.54, 1.807) is 6.07 Å². The summed E-state index contributed by atoms with van der Waals surface area (Å²) in [6.07, 6.45) is 1.72. The minimum atomic E-state index is -0.957. The van der Waals surface area contributed by atoms with Crippen LogP contribution < -0.4 is 10.6 Å². The normalized spacial score (nSPS) is 15.8. The number of hydrogen-bond donors (Lipinski definition) is 3. The van der Waals surface area contributed by atoms with Crippen LogP contribution in [0.25, 0.3) is 0 Å². The molecule has 1 fully saturated rings. The van der Waals surface area contributed by atoms with E-state index in [9.17, 15) is 14.0 Å². The fraction of sp³-hybridized carbons (Fsp3) is 0.385. The number of carboxylic acids is 1. The predicted octanol–water partition coefficient (Wildman–Crippen LogP) is 1.22. The van der Waals surface area contributed by atoms with Crippen molar-refractivity contribution in [3.63, 3.8) is 0 Å². The third-order valence-corrected chi connectivity index (χ3v) is 2.99. The van der Waals surface area contributed by atoms with Gasteiger partial charge in [-0.05, 0) is 30.9 Å². The van der Waals surface area contributed by atoms with Crippen molar-refractivity contribution in [3.05, 3.63) is 30.1 Å². The number of aliphatic carboxylic acids is 1. The molecule has 1 saturated carbocycles. The highest BCUT2D eigenvalue weighted by Gasteiger charge is 2.36. The van der Waals surface area contributed by atoms with Crippen molar-refractivity contribution >= 4 is 17.6 Å². The summed E-state index contributed by atoms with van der Waals surface area (Å²) in [5, 5.41) is 14.1. The van der Waals surface area contributed by atoms with Gasteiger partial charge in [0.05, 0.1) is 12.2 Å². The van der Waals surface area contributed by atoms with Crippen LogP contribution in [0, 0.1) is 11.7 Å². The van der Waals surface area contributed by atoms with Gasteiger partial charge in [0.15, 0.2) is 0 Å². The number of halogens is 1. The van der Waals surface area contributed by atoms with Gasteiger partial charge in [-0.3, -0.25) is 14.9 Å². The monoisotopic (exact) mass is 266 g/mol. The molecular weight excluding hydrogens is 251 g/mol. The molecule has 1 aliphatic carbocycles. The molecule has 0 spiro atoms. The van der Waals surface area contributed by atoms with Gasteiger partial charge in [-0.2, -0.15) is 0 Å². The molecule has 1 aromatic rings. The van der Waals surface area contributed by atoms with Gasteiger partial charge in [-0.1, -0.05) is 12.1 Å². The van der Waals surface area contributed by atoms with Crippen LogP contribution in [0.5, 0.6) is 0 Å². The number of hydrogen-bond acceptors (Lipinski definition) is 3. The molecule has 0 aliphatic heterocycles. The van der Waals surface area contributed by atoms with Crippen molar-refractivity contribution in [1.29, 1.82) is 0 Å². The highest BCUT2D eigenvalue weighted by atomic mass is 19.1. The molecule has 6 heteroatoms. The first-order valence-corrected chi connectivity index (χ1v) is 6.08. The lowest BCUT2D eigenvalue weighted by Crippen LogP contribution is -2.42. The molecular formula is C13H15FN2O3. The molecule has 0 heterocycles. The largest absolute Gasteiger partial charge is 0.480 e. The quantitative estimate of drug-likeness (QED) is 0.723. The van der Waals surface area contributed by atoms with Gasteiger partial charge in [0.25, 0.3) is 0 Å². The Bertz CT molecular complexity index is 489. The molecule has 3 N–H and O–H groups in total. The lowest BCUT2D eigenvalue weighted by atomic mass is 10.2. The maximum absolute atomic E-state index is 13.3. The fourth-order valence-electron chi connectivity index (χ4n) is 1.84. The zero-order valence-corrected chi connectivity index (χ0v) is 10.2. The maximum atomic E-state index is 13.3. The lowest BCUT2D eigenvalue weighted by molar-refractivity contribution is -0.140. The van der Waals surface area contributed by atoms with Gasteiger partial charge in [-0.15, -0.1) is 0 Å². The predicted molar refractivity (Wildman–Crippen MR) is 67.2 cm³/mol. The summed E-state index contributed by atoms with van der Waals surface area (Å²) < 4.78 is 13.3. The van der Waals surface area contributed by atoms with Crippen molar-refractivity contribution in [2.24, 2.45) is 5.92 Å². The number of carbonyl (C=O) groups excluding carboxylic acids is 1. The highest BCUT2D eigenvalue weighted by Crippen LogP contribution is 2.32. The zero-order valence-electron chi connectivity index (χ0n) is 10.2. The van der Waals surface area contributed by atoms with Crippen molar-refractivity contribution < 1.29 is 19.1 Å². The second-order valence-corrected chi connectivity index (χ2v) is 4.56. The van der Waals surface area contributed by atoms with Crippen LogP contribution in [0.15, 0.2) is 24.3 Å². The minimum Gasteiger partial charge on any atom is -0.480 e. The van der Waals surface area contributed by atoms with E-state index in [1.165, 1.54) is 18.2 Å². The van der Waals surface area contributed by atoms with Crippen LogP contribution in [0.1, 0.15) is 12.8 Å². The van der Waals surface area contributed by atoms with Crippen molar-refractivity contribution in [2.75, 3.05) is 11.9 Å². The number of amides is 1. The third-order valence-electron chi connectivity index (χ3n) is 2.99. The number of rotatable bonds is 6. The summed E-state index contributed by atoms with van der Waals surface area (Å²) in [5.74, 6) is -1.84. The SMILES string of the molecule is O=C(CNC(C(=O)O)C1CC1)Nc1ccccc1F. The average Bonchev–Trinajstić information content (AvgIpc) is 3.16. The van der Waals surface area contributed by atoms with E-state index >= 15 is 0 Å². The molecule has 0 saturated heterocycles. The summed E-state index contributed by atoms with van der Waals surface area (Å²) in [6.45, 7) is -0.151. The maximum Gasteiger partial charge on any atom is 0.320 e. The van der Waals surface area contributed by atoms with Gasteiger partial charge in [0.1, 0.15) is 11.9 Å². The lowest BCUT2D eigenvalue weighted by Gasteiger charge is -2.13. The second kappa shape index (κ2) is 5.79. The van der Waals surface area contributed by atoms with E-state index in [-0.39, 0.29) is 18.2 Å². The first kappa shape index (κ1) is 13.5. The van der Waals surface area contributed by atoms with Crippen molar-refractivity contribution in [2.45, 2.75) is 18.9 Å². The minimum absolute atomic E-state index is 0.0904. The van der Waals surface area contributed by atoms with Crippen molar-refractivity contribution in [1.82, 2.24) is 5.32 Å². The van der Waals surface area contributed by atoms with E-state index in [0.29, 0.717) is 0 Å². The Hall–Kier alpha value is -1.95. The van der Waals surface area contributed by atoms with Gasteiger partial charge in [-0.25, -0.2) is 4.39 Å². The Morgan fingerprint density at radius 3 is 2.63 bits per heavy atom. The van der Waals surface area contributed by atoms with Crippen LogP contribution in [-0.4, -0.2) is 29.6 Å². The first-order chi connectivity index (χ1) is 9.08. The molecule has 1 unspecified atom stereocenters. The van der Waals surface area contributed by atoms with E-state index in [2.05, 4.69) is 10.6 Å². The van der Waals surface area contributed by atoms with Gasteiger partial charge in [0.2, 0.25) is 5.91 Å². The van der Waals surface area contributed by atoms with Crippen LogP contribution in [0.4, 0.5) is 10.1 Å². The number of nitrogens with one attached hydrogen (secondary N) is 2. The van der Waals surface area contributed by atoms with Gasteiger partial charge < -0.3 is 10.4 Å². The Morgan fingerprint density at radius 2 is 2.05 bits per heavy atom. The molecule has 0 bridgehead atoms. The van der Waals surface area contributed by atoms with Crippen LogP contribution in [0.2, 0.25) is 0 Å². The Morgan fingerprint density at radius 1 is 1.37 bits per heavy atom. The van der Waals surface area contributed by atoms with Gasteiger partial charge >= 0.3 is 5.97 Å². The van der Waals surface area contributed by atoms with Crippen LogP contribution >= 0.6 is 0 Å². The third kappa shape index (κ3) is 3.75. The van der Waals surface area contributed by atoms with Crippen LogP contribution in [0.3, 0.4) is 0 Å². The molecule has 0 radical (unpaired) electrons. The number of carbonyl (C=O) groups is 2. The number of benzene rings is 1. The van der Waals surface area contributed by atoms with E-state index in [1.807, 2.05) is 0 Å². The molecule has 1 amide bonds. The number of anilines is 1. The molecule has 1 aliphatic rings. The summed E-state index contributed by atoms with van der Waals surface area (Å²) in [7, 11) is 0. The summed E-state index contributed by atoms with van der Waals surface area (Å²) in [5.41, 5.74) is 0.0904. The Labute approximate surface area is 109 Å². The Kier molecular flexibility index (Phi) is 4.11. The second-order valence-electron chi connectivity index (χ2n) is 4.56. The molecule has 102 valence electrons. The number of carboxylic acid groups (broad SMARTS) is 1. The molecule has 5 nitrogen and oxygen atoms in total. The molecule has 1 aromatic carbocycles. The smallest absolute Gasteiger partial charge is 0.320 e.